The summed E-state index contributed by atoms with van der Waals surface area (Å²) < 4.78 is 0. The Labute approximate surface area is 113 Å². The average molecular weight is 264 g/mol. The topological polar surface area (TPSA) is 46.3 Å². The van der Waals surface area contributed by atoms with Gasteiger partial charge >= 0.3 is 0 Å². The molecule has 1 aromatic carbocycles. The molecule has 3 nitrogen and oxygen atoms in total. The first-order valence-corrected chi connectivity index (χ1v) is 7.14. The summed E-state index contributed by atoms with van der Waals surface area (Å²) in [5.74, 6) is 5.60. The zero-order chi connectivity index (χ0) is 13.3. The third-order valence-electron chi connectivity index (χ3n) is 3.26. The molecule has 1 saturated carbocycles. The minimum absolute atomic E-state index is 0.0202. The summed E-state index contributed by atoms with van der Waals surface area (Å²) >= 11 is 1.83. The van der Waals surface area contributed by atoms with Gasteiger partial charge in [-0.3, -0.25) is 9.80 Å². The standard InChI is InChI=1S/C14H20N2OS/c1-10(2)18-12-6-4-11(5-7-12)14(8-9-14)13(17)16(3)15/h4-7,10H,8-9,15H2,1-3H3. The maximum absolute atomic E-state index is 12.1. The van der Waals surface area contributed by atoms with Crippen LogP contribution >= 0.6 is 11.8 Å². The predicted molar refractivity (Wildman–Crippen MR) is 75.3 cm³/mol. The van der Waals surface area contributed by atoms with Crippen LogP contribution in [0.25, 0.3) is 0 Å². The first-order valence-electron chi connectivity index (χ1n) is 6.26. The molecule has 1 aliphatic carbocycles. The second-order valence-corrected chi connectivity index (χ2v) is 6.84. The van der Waals surface area contributed by atoms with Crippen LogP contribution in [-0.4, -0.2) is 23.2 Å². The van der Waals surface area contributed by atoms with Crippen LogP contribution < -0.4 is 5.84 Å². The number of rotatable bonds is 4. The molecule has 0 radical (unpaired) electrons. The second-order valence-electron chi connectivity index (χ2n) is 5.19. The Balaban J connectivity index is 2.17. The van der Waals surface area contributed by atoms with E-state index in [1.165, 1.54) is 9.90 Å². The lowest BCUT2D eigenvalue weighted by Crippen LogP contribution is -2.41. The number of likely N-dealkylation sites (N-methyl/N-ethyl adjacent to an activating group) is 1. The van der Waals surface area contributed by atoms with Crippen LogP contribution in [0.2, 0.25) is 0 Å². The van der Waals surface area contributed by atoms with E-state index >= 15 is 0 Å². The number of thioether (sulfide) groups is 1. The normalized spacial score (nSPS) is 16.7. The molecule has 2 N–H and O–H groups in total. The predicted octanol–water partition coefficient (Wildman–Crippen LogP) is 2.55. The fraction of sp³-hybridized carbons (Fsp3) is 0.500. The zero-order valence-corrected chi connectivity index (χ0v) is 12.0. The summed E-state index contributed by atoms with van der Waals surface area (Å²) in [6.07, 6.45) is 1.81. The average Bonchev–Trinajstić information content (AvgIpc) is 3.09. The van der Waals surface area contributed by atoms with E-state index in [0.717, 1.165) is 18.4 Å². The molecule has 18 heavy (non-hydrogen) atoms. The first kappa shape index (κ1) is 13.4. The van der Waals surface area contributed by atoms with Crippen LogP contribution in [0.1, 0.15) is 32.3 Å². The van der Waals surface area contributed by atoms with Gasteiger partial charge in [0.2, 0.25) is 5.91 Å². The summed E-state index contributed by atoms with van der Waals surface area (Å²) in [5.41, 5.74) is 0.753. The number of nitrogens with two attached hydrogens (primary N) is 1. The number of hydrogen-bond acceptors (Lipinski definition) is 3. The molecule has 0 aromatic heterocycles. The number of carbonyl (C=O) groups excluding carboxylic acids is 1. The van der Waals surface area contributed by atoms with Crippen LogP contribution in [0, 0.1) is 0 Å². The number of hydrogen-bond donors (Lipinski definition) is 1. The molecular weight excluding hydrogens is 244 g/mol. The Bertz CT molecular complexity index is 436. The fourth-order valence-electron chi connectivity index (χ4n) is 2.21. The van der Waals surface area contributed by atoms with Crippen molar-refractivity contribution in [3.05, 3.63) is 29.8 Å². The van der Waals surface area contributed by atoms with Gasteiger partial charge in [0.05, 0.1) is 5.41 Å². The molecule has 0 unspecified atom stereocenters. The molecule has 98 valence electrons. The van der Waals surface area contributed by atoms with Gasteiger partial charge in [0.15, 0.2) is 0 Å². The monoisotopic (exact) mass is 264 g/mol. The van der Waals surface area contributed by atoms with Gasteiger partial charge < -0.3 is 0 Å². The number of amides is 1. The van der Waals surface area contributed by atoms with E-state index < -0.39 is 0 Å². The minimum atomic E-state index is -0.343. The molecule has 1 fully saturated rings. The molecule has 0 saturated heterocycles. The van der Waals surface area contributed by atoms with E-state index in [4.69, 9.17) is 5.84 Å². The summed E-state index contributed by atoms with van der Waals surface area (Å²) in [6.45, 7) is 4.35. The number of nitrogens with zero attached hydrogens (tertiary/aromatic N) is 1. The highest BCUT2D eigenvalue weighted by atomic mass is 32.2. The molecule has 0 spiro atoms. The van der Waals surface area contributed by atoms with E-state index in [-0.39, 0.29) is 11.3 Å². The summed E-state index contributed by atoms with van der Waals surface area (Å²) in [4.78, 5) is 13.3. The lowest BCUT2D eigenvalue weighted by Gasteiger charge is -2.19. The minimum Gasteiger partial charge on any atom is -0.283 e. The highest BCUT2D eigenvalue weighted by Crippen LogP contribution is 2.49. The zero-order valence-electron chi connectivity index (χ0n) is 11.1. The van der Waals surface area contributed by atoms with Crippen molar-refractivity contribution in [1.82, 2.24) is 5.01 Å². The third kappa shape index (κ3) is 2.54. The van der Waals surface area contributed by atoms with Gasteiger partial charge in [-0.2, -0.15) is 0 Å². The molecule has 4 heteroatoms. The van der Waals surface area contributed by atoms with E-state index in [2.05, 4.69) is 38.1 Å². The largest absolute Gasteiger partial charge is 0.283 e. The van der Waals surface area contributed by atoms with Crippen molar-refractivity contribution in [3.8, 4) is 0 Å². The molecule has 0 heterocycles. The molecule has 1 amide bonds. The van der Waals surface area contributed by atoms with Crippen molar-refractivity contribution < 1.29 is 4.79 Å². The highest BCUT2D eigenvalue weighted by molar-refractivity contribution is 7.99. The van der Waals surface area contributed by atoms with Crippen molar-refractivity contribution in [2.24, 2.45) is 5.84 Å². The molecule has 0 aliphatic heterocycles. The van der Waals surface area contributed by atoms with Gasteiger partial charge in [0.1, 0.15) is 0 Å². The lowest BCUT2D eigenvalue weighted by atomic mass is 9.95. The second kappa shape index (κ2) is 4.94. The van der Waals surface area contributed by atoms with Gasteiger partial charge in [0.25, 0.3) is 0 Å². The lowest BCUT2D eigenvalue weighted by molar-refractivity contribution is -0.132. The number of benzene rings is 1. The van der Waals surface area contributed by atoms with E-state index in [1.54, 1.807) is 7.05 Å². The fourth-order valence-corrected chi connectivity index (χ4v) is 3.05. The highest BCUT2D eigenvalue weighted by Gasteiger charge is 2.52. The van der Waals surface area contributed by atoms with Crippen molar-refractivity contribution in [2.45, 2.75) is 42.2 Å². The van der Waals surface area contributed by atoms with Crippen LogP contribution in [0.5, 0.6) is 0 Å². The maximum atomic E-state index is 12.1. The number of hydrazine groups is 1. The Kier molecular flexibility index (Phi) is 3.69. The quantitative estimate of drug-likeness (QED) is 0.393. The first-order chi connectivity index (χ1) is 8.45. The smallest absolute Gasteiger partial charge is 0.246 e. The van der Waals surface area contributed by atoms with E-state index in [1.807, 2.05) is 11.8 Å². The van der Waals surface area contributed by atoms with E-state index in [0.29, 0.717) is 5.25 Å². The van der Waals surface area contributed by atoms with Gasteiger partial charge in [-0.15, -0.1) is 11.8 Å². The van der Waals surface area contributed by atoms with Crippen LogP contribution in [0.4, 0.5) is 0 Å². The van der Waals surface area contributed by atoms with Gasteiger partial charge in [-0.05, 0) is 30.5 Å². The van der Waals surface area contributed by atoms with Crippen LogP contribution in [0.3, 0.4) is 0 Å². The van der Waals surface area contributed by atoms with Crippen molar-refractivity contribution in [1.29, 1.82) is 0 Å². The van der Waals surface area contributed by atoms with Gasteiger partial charge in [-0.25, -0.2) is 5.84 Å². The molecule has 0 atom stereocenters. The molecule has 0 bridgehead atoms. The Morgan fingerprint density at radius 1 is 1.33 bits per heavy atom. The molecular formula is C14H20N2OS. The van der Waals surface area contributed by atoms with Crippen LogP contribution in [0.15, 0.2) is 29.2 Å². The summed E-state index contributed by atoms with van der Waals surface area (Å²) in [6, 6.07) is 8.34. The van der Waals surface area contributed by atoms with Crippen LogP contribution in [-0.2, 0) is 10.2 Å². The van der Waals surface area contributed by atoms with E-state index in [9.17, 15) is 4.79 Å². The SMILES string of the molecule is CC(C)Sc1ccc(C2(C(=O)N(C)N)CC2)cc1. The maximum Gasteiger partial charge on any atom is 0.246 e. The van der Waals surface area contributed by atoms with Crippen molar-refractivity contribution in [3.63, 3.8) is 0 Å². The summed E-state index contributed by atoms with van der Waals surface area (Å²) in [5, 5.41) is 1.78. The van der Waals surface area contributed by atoms with Crippen molar-refractivity contribution in [2.75, 3.05) is 7.05 Å². The number of carbonyl (C=O) groups is 1. The summed E-state index contributed by atoms with van der Waals surface area (Å²) in [7, 11) is 1.62. The Morgan fingerprint density at radius 3 is 2.28 bits per heavy atom. The van der Waals surface area contributed by atoms with Crippen molar-refractivity contribution >= 4 is 17.7 Å². The molecule has 1 aliphatic rings. The Hall–Kier alpha value is -1.00. The molecule has 1 aromatic rings. The van der Waals surface area contributed by atoms with Gasteiger partial charge in [0, 0.05) is 17.2 Å². The molecule has 2 rings (SSSR count). The van der Waals surface area contributed by atoms with Gasteiger partial charge in [-0.1, -0.05) is 26.0 Å². The Morgan fingerprint density at radius 2 is 1.89 bits per heavy atom. The third-order valence-corrected chi connectivity index (χ3v) is 4.27.